The Hall–Kier alpha value is -3.91. The Labute approximate surface area is 218 Å². The van der Waals surface area contributed by atoms with Gasteiger partial charge in [0.15, 0.2) is 0 Å². The quantitative estimate of drug-likeness (QED) is 0.443. The molecule has 8 heteroatoms. The van der Waals surface area contributed by atoms with E-state index >= 15 is 0 Å². The van der Waals surface area contributed by atoms with Crippen LogP contribution in [0.5, 0.6) is 0 Å². The monoisotopic (exact) mass is 520 g/mol. The Bertz CT molecular complexity index is 1400. The van der Waals surface area contributed by atoms with Gasteiger partial charge in [-0.3, -0.25) is 9.59 Å². The molecule has 2 aliphatic rings. The van der Waals surface area contributed by atoms with Gasteiger partial charge in [-0.25, -0.2) is 0 Å². The summed E-state index contributed by atoms with van der Waals surface area (Å²) in [6, 6.07) is 17.9. The molecule has 0 bridgehead atoms. The lowest BCUT2D eigenvalue weighted by molar-refractivity contribution is -0.137. The van der Waals surface area contributed by atoms with Crippen LogP contribution >= 0.6 is 0 Å². The number of nitrogens with one attached hydrogen (secondary N) is 1. The molecule has 0 aromatic heterocycles. The van der Waals surface area contributed by atoms with Crippen LogP contribution in [0, 0.1) is 0 Å². The highest BCUT2D eigenvalue weighted by atomic mass is 19.4. The minimum Gasteiger partial charge on any atom is -0.393 e. The fourth-order valence-corrected chi connectivity index (χ4v) is 5.18. The predicted octanol–water partition coefficient (Wildman–Crippen LogP) is 5.56. The number of aliphatic hydroxyl groups excluding tert-OH is 1. The van der Waals surface area contributed by atoms with Crippen molar-refractivity contribution in [1.82, 2.24) is 0 Å². The van der Waals surface area contributed by atoms with Crippen LogP contribution in [0.25, 0.3) is 5.57 Å². The molecule has 0 spiro atoms. The molecule has 0 fully saturated rings. The summed E-state index contributed by atoms with van der Waals surface area (Å²) in [5, 5.41) is 13.0. The number of carbonyl (C=O) groups is 2. The van der Waals surface area contributed by atoms with Crippen LogP contribution in [0.3, 0.4) is 0 Å². The Balaban J connectivity index is 1.44. The molecule has 0 saturated carbocycles. The van der Waals surface area contributed by atoms with Gasteiger partial charge in [0, 0.05) is 30.3 Å². The highest BCUT2D eigenvalue weighted by Crippen LogP contribution is 2.40. The van der Waals surface area contributed by atoms with Crippen LogP contribution in [0.4, 0.5) is 24.5 Å². The second-order valence-electron chi connectivity index (χ2n) is 9.69. The summed E-state index contributed by atoms with van der Waals surface area (Å²) in [4.78, 5) is 27.6. The van der Waals surface area contributed by atoms with Crippen molar-refractivity contribution in [2.45, 2.75) is 44.4 Å². The van der Waals surface area contributed by atoms with E-state index < -0.39 is 23.8 Å². The molecule has 2 N–H and O–H groups in total. The molecule has 3 aromatic rings. The van der Waals surface area contributed by atoms with Gasteiger partial charge in [0.25, 0.3) is 0 Å². The number of benzene rings is 3. The van der Waals surface area contributed by atoms with Gasteiger partial charge >= 0.3 is 6.18 Å². The molecule has 3 aromatic carbocycles. The lowest BCUT2D eigenvalue weighted by atomic mass is 9.88. The van der Waals surface area contributed by atoms with Crippen molar-refractivity contribution in [2.24, 2.45) is 0 Å². The molecule has 0 radical (unpaired) electrons. The summed E-state index contributed by atoms with van der Waals surface area (Å²) < 4.78 is 40.6. The lowest BCUT2D eigenvalue weighted by Crippen LogP contribution is -2.36. The Morgan fingerprint density at radius 1 is 1.03 bits per heavy atom. The topological polar surface area (TPSA) is 69.6 Å². The van der Waals surface area contributed by atoms with E-state index in [0.29, 0.717) is 36.1 Å². The summed E-state index contributed by atoms with van der Waals surface area (Å²) in [7, 11) is 0. The first-order valence-electron chi connectivity index (χ1n) is 12.6. The average molecular weight is 521 g/mol. The van der Waals surface area contributed by atoms with Crippen molar-refractivity contribution in [3.63, 3.8) is 0 Å². The largest absolute Gasteiger partial charge is 0.416 e. The highest BCUT2D eigenvalue weighted by molar-refractivity contribution is 6.07. The van der Waals surface area contributed by atoms with Gasteiger partial charge in [0.1, 0.15) is 0 Å². The van der Waals surface area contributed by atoms with E-state index in [1.54, 1.807) is 30.3 Å². The van der Waals surface area contributed by atoms with Crippen LogP contribution in [0.2, 0.25) is 0 Å². The highest BCUT2D eigenvalue weighted by Gasteiger charge is 2.34. The standard InChI is InChI=1S/C30H27F3N2O3/c31-30(32,33)22-10-12-24-21(13-14-35(27(24)17-22)29(38)15-19-5-2-1-3-6-19)16-28(37)34-26-8-4-7-20-9-11-23(36)18-25(20)26/h1-8,10,12,16-17,23,36H,9,11,13-15,18H2,(H,34,37). The minimum absolute atomic E-state index is 0.0566. The molecular formula is C30H27F3N2O3. The van der Waals surface area contributed by atoms with Gasteiger partial charge in [0.2, 0.25) is 11.8 Å². The van der Waals surface area contributed by atoms with E-state index in [9.17, 15) is 27.9 Å². The van der Waals surface area contributed by atoms with Crippen molar-refractivity contribution in [3.05, 3.63) is 101 Å². The molecule has 5 nitrogen and oxygen atoms in total. The second-order valence-corrected chi connectivity index (χ2v) is 9.69. The van der Waals surface area contributed by atoms with E-state index in [2.05, 4.69) is 5.32 Å². The predicted molar refractivity (Wildman–Crippen MR) is 140 cm³/mol. The van der Waals surface area contributed by atoms with Crippen LogP contribution < -0.4 is 10.2 Å². The van der Waals surface area contributed by atoms with Crippen molar-refractivity contribution in [3.8, 4) is 0 Å². The van der Waals surface area contributed by atoms with Crippen LogP contribution in [0.1, 0.15) is 40.7 Å². The maximum absolute atomic E-state index is 13.5. The number of fused-ring (bicyclic) bond motifs is 2. The number of amides is 2. The first-order chi connectivity index (χ1) is 18.2. The van der Waals surface area contributed by atoms with E-state index in [1.807, 2.05) is 18.2 Å². The molecule has 1 aliphatic carbocycles. The summed E-state index contributed by atoms with van der Waals surface area (Å²) >= 11 is 0. The number of carbonyl (C=O) groups excluding carboxylic acids is 2. The maximum Gasteiger partial charge on any atom is 0.416 e. The second kappa shape index (κ2) is 10.5. The first kappa shape index (κ1) is 25.7. The smallest absolute Gasteiger partial charge is 0.393 e. The van der Waals surface area contributed by atoms with Crippen molar-refractivity contribution < 1.29 is 27.9 Å². The van der Waals surface area contributed by atoms with Crippen LogP contribution in [-0.4, -0.2) is 29.6 Å². The third-order valence-corrected chi connectivity index (χ3v) is 7.09. The number of aryl methyl sites for hydroxylation is 1. The third-order valence-electron chi connectivity index (χ3n) is 7.09. The van der Waals surface area contributed by atoms with Gasteiger partial charge < -0.3 is 15.3 Å². The molecule has 1 aliphatic heterocycles. The van der Waals surface area contributed by atoms with Gasteiger partial charge in [-0.05, 0) is 59.7 Å². The Kier molecular flexibility index (Phi) is 7.08. The van der Waals surface area contributed by atoms with Gasteiger partial charge in [-0.2, -0.15) is 13.2 Å². The molecular weight excluding hydrogens is 493 g/mol. The van der Waals surface area contributed by atoms with E-state index in [1.165, 1.54) is 17.0 Å². The minimum atomic E-state index is -4.57. The Morgan fingerprint density at radius 3 is 2.58 bits per heavy atom. The van der Waals surface area contributed by atoms with Crippen LogP contribution in [-0.2, 0) is 35.0 Å². The van der Waals surface area contributed by atoms with Gasteiger partial charge in [-0.15, -0.1) is 0 Å². The number of alkyl halides is 3. The number of hydrogen-bond acceptors (Lipinski definition) is 3. The lowest BCUT2D eigenvalue weighted by Gasteiger charge is -2.32. The molecule has 1 heterocycles. The zero-order valence-electron chi connectivity index (χ0n) is 20.6. The van der Waals surface area contributed by atoms with Crippen LogP contribution in [0.15, 0.2) is 72.8 Å². The number of nitrogens with zero attached hydrogens (tertiary/aromatic N) is 1. The van der Waals surface area contributed by atoms with Crippen molar-refractivity contribution in [2.75, 3.05) is 16.8 Å². The first-order valence-corrected chi connectivity index (χ1v) is 12.6. The fourth-order valence-electron chi connectivity index (χ4n) is 5.18. The molecule has 2 amide bonds. The molecule has 1 atom stereocenters. The van der Waals surface area contributed by atoms with E-state index in [4.69, 9.17) is 0 Å². The fraction of sp³-hybridized carbons (Fsp3) is 0.267. The summed E-state index contributed by atoms with van der Waals surface area (Å²) in [5.74, 6) is -0.724. The van der Waals surface area contributed by atoms with E-state index in [-0.39, 0.29) is 24.6 Å². The number of aliphatic hydroxyl groups is 1. The third kappa shape index (κ3) is 5.50. The van der Waals surface area contributed by atoms with Crippen molar-refractivity contribution >= 4 is 28.8 Å². The van der Waals surface area contributed by atoms with Crippen molar-refractivity contribution in [1.29, 1.82) is 0 Å². The summed E-state index contributed by atoms with van der Waals surface area (Å²) in [5.41, 5.74) is 3.63. The number of hydrogen-bond donors (Lipinski definition) is 2. The molecule has 5 rings (SSSR count). The normalized spacial score (nSPS) is 18.1. The summed E-state index contributed by atoms with van der Waals surface area (Å²) in [6.07, 6.45) is -1.43. The molecule has 0 saturated heterocycles. The average Bonchev–Trinajstić information content (AvgIpc) is 2.89. The Morgan fingerprint density at radius 2 is 1.82 bits per heavy atom. The molecule has 38 heavy (non-hydrogen) atoms. The summed E-state index contributed by atoms with van der Waals surface area (Å²) in [6.45, 7) is 0.159. The number of anilines is 2. The number of halogens is 3. The molecule has 196 valence electrons. The number of rotatable bonds is 4. The zero-order valence-corrected chi connectivity index (χ0v) is 20.6. The maximum atomic E-state index is 13.5. The zero-order chi connectivity index (χ0) is 26.9. The van der Waals surface area contributed by atoms with E-state index in [0.717, 1.165) is 35.2 Å². The molecule has 1 unspecified atom stereocenters. The SMILES string of the molecule is O=C(C=C1CCN(C(=O)Cc2ccccc2)c2cc(C(F)(F)F)ccc21)Nc1cccc2c1CC(O)CC2. The van der Waals surface area contributed by atoms with Gasteiger partial charge in [-0.1, -0.05) is 48.5 Å². The van der Waals surface area contributed by atoms with Gasteiger partial charge in [0.05, 0.1) is 23.8 Å².